The van der Waals surface area contributed by atoms with Crippen molar-refractivity contribution in [1.29, 1.82) is 0 Å². The summed E-state index contributed by atoms with van der Waals surface area (Å²) in [5.74, 6) is 0.175. The second kappa shape index (κ2) is 5.16. The summed E-state index contributed by atoms with van der Waals surface area (Å²) in [6.07, 6.45) is 3.18. The molecule has 0 aliphatic heterocycles. The molecule has 16 heavy (non-hydrogen) atoms. The summed E-state index contributed by atoms with van der Waals surface area (Å²) in [6, 6.07) is 1.77. The maximum atomic E-state index is 11.7. The van der Waals surface area contributed by atoms with Crippen molar-refractivity contribution in [2.24, 2.45) is 5.73 Å². The van der Waals surface area contributed by atoms with Crippen LogP contribution in [0.25, 0.3) is 0 Å². The van der Waals surface area contributed by atoms with E-state index in [1.165, 1.54) is 6.26 Å². The molecule has 1 amide bonds. The van der Waals surface area contributed by atoms with E-state index in [0.717, 1.165) is 18.4 Å². The Balaban J connectivity index is 2.57. The molecule has 0 saturated carbocycles. The Kier molecular flexibility index (Phi) is 4.12. The van der Waals surface area contributed by atoms with E-state index in [9.17, 15) is 4.79 Å². The molecule has 1 rings (SSSR count). The molecule has 0 atom stereocenters. The van der Waals surface area contributed by atoms with Gasteiger partial charge in [0.05, 0.1) is 6.26 Å². The monoisotopic (exact) mass is 224 g/mol. The summed E-state index contributed by atoms with van der Waals surface area (Å²) in [5.41, 5.74) is 6.61. The summed E-state index contributed by atoms with van der Waals surface area (Å²) in [4.78, 5) is 11.7. The molecule has 1 heterocycles. The first-order valence-corrected chi connectivity index (χ1v) is 5.63. The van der Waals surface area contributed by atoms with E-state index in [1.54, 1.807) is 6.07 Å². The van der Waals surface area contributed by atoms with E-state index < -0.39 is 0 Å². The second-order valence-electron chi connectivity index (χ2n) is 4.18. The molecule has 3 N–H and O–H groups in total. The normalized spacial score (nSPS) is 11.5. The number of amides is 1. The third kappa shape index (κ3) is 2.85. The minimum Gasteiger partial charge on any atom is -0.459 e. The van der Waals surface area contributed by atoms with E-state index in [4.69, 9.17) is 10.2 Å². The number of carbonyl (C=O) groups excluding carboxylic acids is 1. The smallest absolute Gasteiger partial charge is 0.287 e. The molecule has 0 aromatic carbocycles. The van der Waals surface area contributed by atoms with Crippen LogP contribution in [0.1, 0.15) is 42.8 Å². The average molecular weight is 224 g/mol. The summed E-state index contributed by atoms with van der Waals surface area (Å²) in [7, 11) is 0. The average Bonchev–Trinajstić information content (AvgIpc) is 2.72. The van der Waals surface area contributed by atoms with Crippen LogP contribution in [-0.4, -0.2) is 18.0 Å². The van der Waals surface area contributed by atoms with Gasteiger partial charge in [-0.15, -0.1) is 0 Å². The fourth-order valence-electron chi connectivity index (χ4n) is 1.44. The number of rotatable bonds is 5. The Morgan fingerprint density at radius 1 is 1.50 bits per heavy atom. The predicted octanol–water partition coefficient (Wildman–Crippen LogP) is 1.84. The minimum atomic E-state index is -0.323. The van der Waals surface area contributed by atoms with Gasteiger partial charge in [0.15, 0.2) is 5.76 Å². The highest BCUT2D eigenvalue weighted by atomic mass is 16.3. The van der Waals surface area contributed by atoms with Gasteiger partial charge in [0, 0.05) is 17.6 Å². The molecular formula is C12H20N2O2. The van der Waals surface area contributed by atoms with E-state index in [2.05, 4.69) is 5.32 Å². The number of carbonyl (C=O) groups is 1. The molecule has 1 aromatic rings. The number of nitrogens with one attached hydrogen (secondary N) is 1. The zero-order chi connectivity index (χ0) is 12.2. The number of hydrogen-bond acceptors (Lipinski definition) is 3. The standard InChI is InChI=1S/C12H20N2O2/c1-4-12(13,5-2)8-14-11(15)10-9(3)6-7-16-10/h6-7H,4-5,8,13H2,1-3H3,(H,14,15). The zero-order valence-corrected chi connectivity index (χ0v) is 10.2. The maximum Gasteiger partial charge on any atom is 0.287 e. The van der Waals surface area contributed by atoms with Crippen molar-refractivity contribution in [1.82, 2.24) is 5.32 Å². The fraction of sp³-hybridized carbons (Fsp3) is 0.583. The van der Waals surface area contributed by atoms with Crippen molar-refractivity contribution < 1.29 is 9.21 Å². The Bertz CT molecular complexity index is 354. The molecule has 4 heteroatoms. The number of nitrogens with two attached hydrogens (primary N) is 1. The largest absolute Gasteiger partial charge is 0.459 e. The van der Waals surface area contributed by atoms with E-state index in [0.29, 0.717) is 12.3 Å². The summed E-state index contributed by atoms with van der Waals surface area (Å²) < 4.78 is 5.11. The summed E-state index contributed by atoms with van der Waals surface area (Å²) in [5, 5.41) is 2.81. The lowest BCUT2D eigenvalue weighted by molar-refractivity contribution is 0.0913. The minimum absolute atomic E-state index is 0.195. The molecule has 0 fully saturated rings. The van der Waals surface area contributed by atoms with Crippen LogP contribution in [0, 0.1) is 6.92 Å². The van der Waals surface area contributed by atoms with E-state index >= 15 is 0 Å². The Morgan fingerprint density at radius 3 is 2.56 bits per heavy atom. The topological polar surface area (TPSA) is 68.3 Å². The third-order valence-corrected chi connectivity index (χ3v) is 3.08. The first-order valence-electron chi connectivity index (χ1n) is 5.63. The van der Waals surface area contributed by atoms with Crippen molar-refractivity contribution in [3.8, 4) is 0 Å². The van der Waals surface area contributed by atoms with Gasteiger partial charge < -0.3 is 15.5 Å². The molecule has 1 aromatic heterocycles. The highest BCUT2D eigenvalue weighted by molar-refractivity contribution is 5.92. The molecule has 90 valence electrons. The molecular weight excluding hydrogens is 204 g/mol. The highest BCUT2D eigenvalue weighted by Gasteiger charge is 2.22. The number of aryl methyl sites for hydroxylation is 1. The van der Waals surface area contributed by atoms with Crippen LogP contribution in [0.15, 0.2) is 16.7 Å². The van der Waals surface area contributed by atoms with Crippen LogP contribution in [0.5, 0.6) is 0 Å². The van der Waals surface area contributed by atoms with Crippen molar-refractivity contribution in [3.05, 3.63) is 23.7 Å². The lowest BCUT2D eigenvalue weighted by Crippen LogP contribution is -2.49. The van der Waals surface area contributed by atoms with Crippen LogP contribution in [0.3, 0.4) is 0 Å². The lowest BCUT2D eigenvalue weighted by atomic mass is 9.94. The molecule has 4 nitrogen and oxygen atoms in total. The number of hydrogen-bond donors (Lipinski definition) is 2. The van der Waals surface area contributed by atoms with Gasteiger partial charge in [-0.05, 0) is 25.8 Å². The SMILES string of the molecule is CCC(N)(CC)CNC(=O)c1occc1C. The van der Waals surface area contributed by atoms with Gasteiger partial charge in [0.1, 0.15) is 0 Å². The fourth-order valence-corrected chi connectivity index (χ4v) is 1.44. The molecule has 0 unspecified atom stereocenters. The maximum absolute atomic E-state index is 11.7. The first kappa shape index (κ1) is 12.8. The quantitative estimate of drug-likeness (QED) is 0.801. The molecule has 0 aliphatic rings. The molecule has 0 aliphatic carbocycles. The molecule has 0 bridgehead atoms. The van der Waals surface area contributed by atoms with Crippen LogP contribution >= 0.6 is 0 Å². The molecule has 0 radical (unpaired) electrons. The van der Waals surface area contributed by atoms with Crippen molar-refractivity contribution in [3.63, 3.8) is 0 Å². The Morgan fingerprint density at radius 2 is 2.12 bits per heavy atom. The summed E-state index contributed by atoms with van der Waals surface area (Å²) >= 11 is 0. The van der Waals surface area contributed by atoms with Crippen LogP contribution in [0.2, 0.25) is 0 Å². The van der Waals surface area contributed by atoms with Crippen molar-refractivity contribution >= 4 is 5.91 Å². The zero-order valence-electron chi connectivity index (χ0n) is 10.2. The van der Waals surface area contributed by atoms with E-state index in [1.807, 2.05) is 20.8 Å². The van der Waals surface area contributed by atoms with Gasteiger partial charge in [-0.25, -0.2) is 0 Å². The van der Waals surface area contributed by atoms with Gasteiger partial charge >= 0.3 is 0 Å². The van der Waals surface area contributed by atoms with Crippen LogP contribution < -0.4 is 11.1 Å². The third-order valence-electron chi connectivity index (χ3n) is 3.08. The molecule has 0 saturated heterocycles. The van der Waals surface area contributed by atoms with Gasteiger partial charge in [0.25, 0.3) is 5.91 Å². The predicted molar refractivity (Wildman–Crippen MR) is 63.3 cm³/mol. The highest BCUT2D eigenvalue weighted by Crippen LogP contribution is 2.11. The van der Waals surface area contributed by atoms with E-state index in [-0.39, 0.29) is 11.4 Å². The van der Waals surface area contributed by atoms with Gasteiger partial charge in [-0.2, -0.15) is 0 Å². The van der Waals surface area contributed by atoms with Gasteiger partial charge in [-0.3, -0.25) is 4.79 Å². The first-order chi connectivity index (χ1) is 7.52. The Labute approximate surface area is 96.2 Å². The van der Waals surface area contributed by atoms with Gasteiger partial charge in [0.2, 0.25) is 0 Å². The number of furan rings is 1. The second-order valence-corrected chi connectivity index (χ2v) is 4.18. The van der Waals surface area contributed by atoms with Crippen molar-refractivity contribution in [2.45, 2.75) is 39.2 Å². The summed E-state index contributed by atoms with van der Waals surface area (Å²) in [6.45, 7) is 6.36. The van der Waals surface area contributed by atoms with Gasteiger partial charge in [-0.1, -0.05) is 13.8 Å². The van der Waals surface area contributed by atoms with Crippen LogP contribution in [-0.2, 0) is 0 Å². The Hall–Kier alpha value is -1.29. The van der Waals surface area contributed by atoms with Crippen LogP contribution in [0.4, 0.5) is 0 Å². The lowest BCUT2D eigenvalue weighted by Gasteiger charge is -2.26. The molecule has 0 spiro atoms. The van der Waals surface area contributed by atoms with Crippen molar-refractivity contribution in [2.75, 3.05) is 6.54 Å².